The van der Waals surface area contributed by atoms with E-state index in [0.717, 1.165) is 0 Å². The largest absolute Gasteiger partial charge is 0.412 e. The molecule has 1 aromatic rings. The van der Waals surface area contributed by atoms with Crippen LogP contribution in [0.15, 0.2) is 46.7 Å². The fourth-order valence-electron chi connectivity index (χ4n) is 0.485. The van der Waals surface area contributed by atoms with Gasteiger partial charge in [-0.3, -0.25) is 0 Å². The Morgan fingerprint density at radius 1 is 1.00 bits per heavy atom. The lowest BCUT2D eigenvalue weighted by molar-refractivity contribution is 0.824. The molecule has 0 fully saturated rings. The molecule has 2 nitrogen and oxygen atoms in total. The fraction of sp³-hybridized carbons (Fsp3) is 0. The Hall–Kier alpha value is -0.710. The Labute approximate surface area is 80.4 Å². The van der Waals surface area contributed by atoms with Gasteiger partial charge < -0.3 is 10.2 Å². The standard InChI is InChI=1S/C4H5NS.C4H4S.H2O/c1-2-4-6-5-3-1;1-2-4-5-3-1;/h1-5H;1-4H;1H2. The summed E-state index contributed by atoms with van der Waals surface area (Å²) in [7, 11) is 0. The number of thiophene rings is 1. The van der Waals surface area contributed by atoms with Crippen molar-refractivity contribution in [3.63, 3.8) is 0 Å². The van der Waals surface area contributed by atoms with Gasteiger partial charge in [0.15, 0.2) is 0 Å². The molecule has 2 rings (SSSR count). The van der Waals surface area contributed by atoms with Gasteiger partial charge in [-0.2, -0.15) is 11.3 Å². The van der Waals surface area contributed by atoms with Gasteiger partial charge in [-0.1, -0.05) is 18.2 Å². The van der Waals surface area contributed by atoms with Gasteiger partial charge in [-0.25, -0.2) is 0 Å². The number of allylic oxidation sites excluding steroid dienone is 2. The summed E-state index contributed by atoms with van der Waals surface area (Å²) in [6.45, 7) is 0. The van der Waals surface area contributed by atoms with E-state index in [1.165, 1.54) is 0 Å². The van der Waals surface area contributed by atoms with Crippen LogP contribution in [-0.2, 0) is 0 Å². The molecule has 1 aliphatic heterocycles. The van der Waals surface area contributed by atoms with Gasteiger partial charge in [0.1, 0.15) is 0 Å². The highest BCUT2D eigenvalue weighted by Crippen LogP contribution is 1.98. The third-order valence-corrected chi connectivity index (χ3v) is 2.11. The third-order valence-electron chi connectivity index (χ3n) is 0.915. The monoisotopic (exact) mass is 201 g/mol. The van der Waals surface area contributed by atoms with E-state index < -0.39 is 0 Å². The van der Waals surface area contributed by atoms with Gasteiger partial charge in [0.2, 0.25) is 0 Å². The fourth-order valence-corrected chi connectivity index (χ4v) is 1.34. The number of hydrogen-bond acceptors (Lipinski definition) is 3. The molecule has 0 radical (unpaired) electrons. The van der Waals surface area contributed by atoms with Crippen molar-refractivity contribution in [3.8, 4) is 0 Å². The van der Waals surface area contributed by atoms with Crippen LogP contribution >= 0.6 is 23.3 Å². The highest BCUT2D eigenvalue weighted by Gasteiger charge is 1.74. The highest BCUT2D eigenvalue weighted by atomic mass is 32.2. The Morgan fingerprint density at radius 3 is 1.92 bits per heavy atom. The Morgan fingerprint density at radius 2 is 1.75 bits per heavy atom. The first-order valence-corrected chi connectivity index (χ1v) is 5.02. The molecule has 4 heteroatoms. The van der Waals surface area contributed by atoms with Crippen LogP contribution in [0.3, 0.4) is 0 Å². The quantitative estimate of drug-likeness (QED) is 0.654. The van der Waals surface area contributed by atoms with E-state index in [1.54, 1.807) is 23.3 Å². The molecule has 0 spiro atoms. The molecule has 0 saturated heterocycles. The van der Waals surface area contributed by atoms with Crippen LogP contribution in [0.2, 0.25) is 0 Å². The summed E-state index contributed by atoms with van der Waals surface area (Å²) in [5.74, 6) is 0. The van der Waals surface area contributed by atoms with E-state index in [2.05, 4.69) is 4.72 Å². The summed E-state index contributed by atoms with van der Waals surface area (Å²) < 4.78 is 2.93. The summed E-state index contributed by atoms with van der Waals surface area (Å²) in [6.07, 6.45) is 5.84. The average Bonchev–Trinajstić information content (AvgIpc) is 2.64. The van der Waals surface area contributed by atoms with Gasteiger partial charge in [0, 0.05) is 6.20 Å². The van der Waals surface area contributed by atoms with Crippen LogP contribution < -0.4 is 4.72 Å². The van der Waals surface area contributed by atoms with Crippen molar-refractivity contribution in [1.29, 1.82) is 0 Å². The van der Waals surface area contributed by atoms with Gasteiger partial charge in [-0.05, 0) is 34.2 Å². The molecule has 0 saturated carbocycles. The molecule has 0 unspecified atom stereocenters. The van der Waals surface area contributed by atoms with Crippen molar-refractivity contribution in [2.45, 2.75) is 0 Å². The topological polar surface area (TPSA) is 43.5 Å². The van der Waals surface area contributed by atoms with Crippen LogP contribution in [0.1, 0.15) is 0 Å². The van der Waals surface area contributed by atoms with E-state index in [0.29, 0.717) is 0 Å². The van der Waals surface area contributed by atoms with E-state index in [1.807, 2.05) is 46.7 Å². The Bertz CT molecular complexity index is 190. The summed E-state index contributed by atoms with van der Waals surface area (Å²) >= 11 is 3.29. The maximum absolute atomic E-state index is 2.93. The lowest BCUT2D eigenvalue weighted by Crippen LogP contribution is -1.88. The predicted octanol–water partition coefficient (Wildman–Crippen LogP) is 2.19. The van der Waals surface area contributed by atoms with E-state index in [9.17, 15) is 0 Å². The first kappa shape index (κ1) is 11.3. The van der Waals surface area contributed by atoms with E-state index >= 15 is 0 Å². The van der Waals surface area contributed by atoms with E-state index in [-0.39, 0.29) is 5.48 Å². The summed E-state index contributed by atoms with van der Waals surface area (Å²) in [4.78, 5) is 0. The normalized spacial score (nSPS) is 12.0. The van der Waals surface area contributed by atoms with Gasteiger partial charge in [-0.15, -0.1) is 0 Å². The van der Waals surface area contributed by atoms with Crippen molar-refractivity contribution in [3.05, 3.63) is 46.7 Å². The van der Waals surface area contributed by atoms with Crippen LogP contribution in [0.4, 0.5) is 0 Å². The maximum Gasteiger partial charge on any atom is 0.00756 e. The molecule has 1 aromatic heterocycles. The van der Waals surface area contributed by atoms with Crippen molar-refractivity contribution >= 4 is 23.3 Å². The van der Waals surface area contributed by atoms with Gasteiger partial charge in [0.25, 0.3) is 0 Å². The second kappa shape index (κ2) is 8.39. The Kier molecular flexibility index (Phi) is 7.89. The van der Waals surface area contributed by atoms with Crippen LogP contribution in [-0.4, -0.2) is 5.48 Å². The molecule has 0 aliphatic carbocycles. The molecule has 66 valence electrons. The predicted molar refractivity (Wildman–Crippen MR) is 56.9 cm³/mol. The molecule has 0 amide bonds. The number of nitrogens with one attached hydrogen (secondary N) is 1. The molecule has 2 heterocycles. The summed E-state index contributed by atoms with van der Waals surface area (Å²) in [6, 6.07) is 4.04. The molecule has 0 atom stereocenters. The molecular weight excluding hydrogens is 190 g/mol. The Balaban J connectivity index is 0.000000189. The SMILES string of the molecule is C1=CNSC=C1.O.c1ccsc1. The second-order valence-corrected chi connectivity index (χ2v) is 3.28. The molecule has 0 bridgehead atoms. The first-order valence-electron chi connectivity index (χ1n) is 3.20. The average molecular weight is 201 g/mol. The molecule has 1 aliphatic rings. The second-order valence-electron chi connectivity index (χ2n) is 1.72. The lowest BCUT2D eigenvalue weighted by atomic mass is 10.6. The molecule has 3 N–H and O–H groups in total. The van der Waals surface area contributed by atoms with Crippen molar-refractivity contribution < 1.29 is 5.48 Å². The summed E-state index contributed by atoms with van der Waals surface area (Å²) in [5.41, 5.74) is 0. The van der Waals surface area contributed by atoms with Gasteiger partial charge in [0.05, 0.1) is 0 Å². The van der Waals surface area contributed by atoms with E-state index in [4.69, 9.17) is 0 Å². The first-order chi connectivity index (χ1) is 5.50. The minimum absolute atomic E-state index is 0. The zero-order valence-electron chi connectivity index (χ0n) is 6.44. The van der Waals surface area contributed by atoms with Gasteiger partial charge >= 0.3 is 0 Å². The van der Waals surface area contributed by atoms with Crippen LogP contribution in [0.25, 0.3) is 0 Å². The zero-order chi connectivity index (χ0) is 7.78. The highest BCUT2D eigenvalue weighted by molar-refractivity contribution is 8.00. The number of rotatable bonds is 0. The smallest absolute Gasteiger partial charge is 0.00756 e. The lowest BCUT2D eigenvalue weighted by Gasteiger charge is -1.93. The molecule has 12 heavy (non-hydrogen) atoms. The number of hydrogen-bond donors (Lipinski definition) is 1. The zero-order valence-corrected chi connectivity index (χ0v) is 8.07. The van der Waals surface area contributed by atoms with Crippen molar-refractivity contribution in [2.75, 3.05) is 0 Å². The van der Waals surface area contributed by atoms with Crippen molar-refractivity contribution in [2.24, 2.45) is 0 Å². The maximum atomic E-state index is 2.93. The van der Waals surface area contributed by atoms with Crippen LogP contribution in [0.5, 0.6) is 0 Å². The molecular formula is C8H11NOS2. The third kappa shape index (κ3) is 6.03. The molecule has 0 aromatic carbocycles. The minimum Gasteiger partial charge on any atom is -0.412 e. The minimum atomic E-state index is 0. The van der Waals surface area contributed by atoms with Crippen LogP contribution in [0, 0.1) is 0 Å². The van der Waals surface area contributed by atoms with Crippen molar-refractivity contribution in [1.82, 2.24) is 4.72 Å². The summed E-state index contributed by atoms with van der Waals surface area (Å²) in [5, 5.41) is 6.07.